The summed E-state index contributed by atoms with van der Waals surface area (Å²) in [5.74, 6) is 3.19. The lowest BCUT2D eigenvalue weighted by Crippen LogP contribution is -2.33. The molecule has 5 heteroatoms. The van der Waals surface area contributed by atoms with Crippen LogP contribution in [0.5, 0.6) is 0 Å². The minimum absolute atomic E-state index is 0.414. The van der Waals surface area contributed by atoms with Crippen molar-refractivity contribution >= 4 is 8.07 Å². The van der Waals surface area contributed by atoms with Crippen molar-refractivity contribution in [3.05, 3.63) is 46.4 Å². The Bertz CT molecular complexity index is 668. The van der Waals surface area contributed by atoms with Crippen LogP contribution in [0.3, 0.4) is 0 Å². The highest BCUT2D eigenvalue weighted by Crippen LogP contribution is 2.07. The van der Waals surface area contributed by atoms with Gasteiger partial charge < -0.3 is 0 Å². The predicted octanol–water partition coefficient (Wildman–Crippen LogP) is 1.47. The highest BCUT2D eigenvalue weighted by Gasteiger charge is 2.15. The first-order chi connectivity index (χ1) is 8.46. The average Bonchev–Trinajstić information content (AvgIpc) is 2.72. The number of aromatic amines is 1. The topological polar surface area (TPSA) is 49.9 Å². The zero-order chi connectivity index (χ0) is 13.2. The lowest BCUT2D eigenvalue weighted by Gasteiger charge is -2.03. The van der Waals surface area contributed by atoms with E-state index in [1.54, 1.807) is 0 Å². The predicted molar refractivity (Wildman–Crippen MR) is 71.1 cm³/mol. The van der Waals surface area contributed by atoms with E-state index in [0.717, 1.165) is 11.3 Å². The average molecular weight is 259 g/mol. The molecule has 0 aliphatic carbocycles. The molecular weight excluding hydrogens is 244 g/mol. The Balaban J connectivity index is 2.49. The fourth-order valence-electron chi connectivity index (χ4n) is 1.42. The highest BCUT2D eigenvalue weighted by molar-refractivity contribution is 6.83. The van der Waals surface area contributed by atoms with Crippen molar-refractivity contribution in [3.8, 4) is 17.2 Å². The van der Waals surface area contributed by atoms with E-state index in [1.807, 2.05) is 24.3 Å². The first-order valence-electron chi connectivity index (χ1n) is 5.68. The van der Waals surface area contributed by atoms with Crippen molar-refractivity contribution < 1.29 is 9.20 Å². The second kappa shape index (κ2) is 4.67. The summed E-state index contributed by atoms with van der Waals surface area (Å²) in [7, 11) is -1.42. The molecule has 0 aliphatic rings. The van der Waals surface area contributed by atoms with Gasteiger partial charge in [0, 0.05) is 6.07 Å². The number of hydrogen-bond acceptors (Lipinski definition) is 2. The van der Waals surface area contributed by atoms with Crippen LogP contribution in [0, 0.1) is 11.5 Å². The Kier molecular flexibility index (Phi) is 3.21. The molecule has 0 atom stereocenters. The summed E-state index contributed by atoms with van der Waals surface area (Å²) < 4.78 is 6.20. The van der Waals surface area contributed by atoms with Gasteiger partial charge in [0.15, 0.2) is 0 Å². The molecule has 0 bridgehead atoms. The molecule has 18 heavy (non-hydrogen) atoms. The third kappa shape index (κ3) is 2.99. The summed E-state index contributed by atoms with van der Waals surface area (Å²) in [5.41, 5.74) is 4.58. The van der Waals surface area contributed by atoms with Gasteiger partial charge in [-0.2, -0.15) is 0 Å². The number of rotatable bonds is 1. The lowest BCUT2D eigenvalue weighted by atomic mass is 10.2. The van der Waals surface area contributed by atoms with Gasteiger partial charge in [-0.05, 0) is 16.0 Å². The van der Waals surface area contributed by atoms with Crippen molar-refractivity contribution in [3.63, 3.8) is 0 Å². The molecule has 1 N–H and O–H groups in total. The maximum atomic E-state index is 11.0. The summed E-state index contributed by atoms with van der Waals surface area (Å²) in [6.45, 7) is 6.57. The van der Waals surface area contributed by atoms with Gasteiger partial charge in [-0.1, -0.05) is 37.7 Å². The van der Waals surface area contributed by atoms with Crippen LogP contribution in [0.15, 0.2) is 39.8 Å². The summed E-state index contributed by atoms with van der Waals surface area (Å²) in [5, 5.41) is 2.53. The monoisotopic (exact) mass is 259 g/mol. The summed E-state index contributed by atoms with van der Waals surface area (Å²) in [6.07, 6.45) is 1.36. The third-order valence-electron chi connectivity index (χ3n) is 2.21. The van der Waals surface area contributed by atoms with Crippen molar-refractivity contribution in [2.24, 2.45) is 0 Å². The van der Waals surface area contributed by atoms with E-state index >= 15 is 0 Å². The molecule has 2 aromatic rings. The van der Waals surface area contributed by atoms with E-state index in [9.17, 15) is 4.79 Å². The minimum Gasteiger partial charge on any atom is -0.283 e. The van der Waals surface area contributed by atoms with E-state index in [-0.39, 0.29) is 0 Å². The third-order valence-corrected chi connectivity index (χ3v) is 3.09. The van der Waals surface area contributed by atoms with E-state index < -0.39 is 13.7 Å². The van der Waals surface area contributed by atoms with Crippen LogP contribution >= 0.6 is 0 Å². The van der Waals surface area contributed by atoms with Crippen LogP contribution in [0.4, 0.5) is 0 Å². The van der Waals surface area contributed by atoms with Gasteiger partial charge in [0.2, 0.25) is 0 Å². The van der Waals surface area contributed by atoms with Crippen LogP contribution in [-0.2, 0) is 0 Å². The van der Waals surface area contributed by atoms with E-state index in [1.165, 1.54) is 10.9 Å². The van der Waals surface area contributed by atoms with Gasteiger partial charge in [-0.25, -0.2) is 4.79 Å². The largest absolute Gasteiger partial charge is 0.427 e. The maximum absolute atomic E-state index is 11.0. The number of para-hydroxylation sites is 1. The van der Waals surface area contributed by atoms with Crippen molar-refractivity contribution in [1.29, 1.82) is 0 Å². The minimum atomic E-state index is -1.42. The Hall–Kier alpha value is -2.06. The molecule has 0 aliphatic heterocycles. The van der Waals surface area contributed by atoms with Crippen LogP contribution in [0.1, 0.15) is 5.56 Å². The van der Waals surface area contributed by atoms with Crippen LogP contribution in [-0.4, -0.2) is 13.3 Å². The first kappa shape index (κ1) is 12.4. The zero-order valence-electron chi connectivity index (χ0n) is 10.7. The van der Waals surface area contributed by atoms with Gasteiger partial charge in [0.25, 0.3) is 11.9 Å². The van der Waals surface area contributed by atoms with Crippen molar-refractivity contribution in [1.82, 2.24) is 5.27 Å². The van der Waals surface area contributed by atoms with Gasteiger partial charge in [0.05, 0.1) is 5.56 Å². The van der Waals surface area contributed by atoms with Gasteiger partial charge in [0.1, 0.15) is 8.07 Å². The zero-order valence-corrected chi connectivity index (χ0v) is 11.7. The fraction of sp³-hybridized carbons (Fsp3) is 0.231. The molecule has 1 aromatic carbocycles. The number of hydrogen-bond donors (Lipinski definition) is 1. The smallest absolute Gasteiger partial charge is 0.283 e. The van der Waals surface area contributed by atoms with Crippen molar-refractivity contribution in [2.75, 3.05) is 0 Å². The molecular formula is C13H15N2O2Si+. The van der Waals surface area contributed by atoms with Crippen molar-refractivity contribution in [2.45, 2.75) is 19.6 Å². The fourth-order valence-corrected chi connectivity index (χ4v) is 1.92. The second-order valence-electron chi connectivity index (χ2n) is 5.03. The number of benzene rings is 1. The van der Waals surface area contributed by atoms with Crippen LogP contribution in [0.25, 0.3) is 5.69 Å². The summed E-state index contributed by atoms with van der Waals surface area (Å²) >= 11 is 0. The molecule has 0 unspecified atom stereocenters. The van der Waals surface area contributed by atoms with Gasteiger partial charge >= 0.3 is 5.63 Å². The SMILES string of the molecule is C[Si](C)(C)C#Cc1ccccc1-[n+]1cc(=O)o[nH]1. The number of H-pyrrole nitrogens is 1. The lowest BCUT2D eigenvalue weighted by molar-refractivity contribution is -0.670. The van der Waals surface area contributed by atoms with Crippen LogP contribution in [0.2, 0.25) is 19.6 Å². The van der Waals surface area contributed by atoms with E-state index in [4.69, 9.17) is 0 Å². The van der Waals surface area contributed by atoms with Crippen LogP contribution < -0.4 is 10.3 Å². The Morgan fingerprint density at radius 1 is 1.28 bits per heavy atom. The molecule has 0 fully saturated rings. The van der Waals surface area contributed by atoms with Gasteiger partial charge in [-0.15, -0.1) is 5.54 Å². The summed E-state index contributed by atoms with van der Waals surface area (Å²) in [4.78, 5) is 11.0. The highest BCUT2D eigenvalue weighted by atomic mass is 28.3. The molecule has 0 radical (unpaired) electrons. The standard InChI is InChI=1S/C13H14N2O2Si/c1-18(2,3)9-8-11-6-4-5-7-12(11)15-10-13(16)17-14-15/h4-7,10H,1-3H3/p+1. The molecule has 0 saturated carbocycles. The second-order valence-corrected chi connectivity index (χ2v) is 9.78. The molecule has 0 amide bonds. The van der Waals surface area contributed by atoms with E-state index in [0.29, 0.717) is 0 Å². The Morgan fingerprint density at radius 3 is 2.61 bits per heavy atom. The molecule has 0 spiro atoms. The first-order valence-corrected chi connectivity index (χ1v) is 9.18. The molecule has 0 saturated heterocycles. The Morgan fingerprint density at radius 2 is 2.00 bits per heavy atom. The normalized spacial score (nSPS) is 10.8. The summed E-state index contributed by atoms with van der Waals surface area (Å²) in [6, 6.07) is 7.64. The molecule has 2 rings (SSSR count). The maximum Gasteiger partial charge on any atom is 0.427 e. The Labute approximate surface area is 106 Å². The van der Waals surface area contributed by atoms with Gasteiger partial charge in [-0.3, -0.25) is 4.52 Å². The molecule has 4 nitrogen and oxygen atoms in total. The molecule has 92 valence electrons. The van der Waals surface area contributed by atoms with E-state index in [2.05, 4.69) is 40.9 Å². The number of aromatic nitrogens is 2. The molecule has 1 heterocycles. The molecule has 1 aromatic heterocycles. The number of nitrogens with zero attached hydrogens (tertiary/aromatic N) is 1. The quantitative estimate of drug-likeness (QED) is 0.479. The number of nitrogens with one attached hydrogen (secondary N) is 1.